The number of nitro groups is 1. The molecule has 9 nitrogen and oxygen atoms in total. The van der Waals surface area contributed by atoms with Gasteiger partial charge >= 0.3 is 0 Å². The molecule has 1 heterocycles. The first-order chi connectivity index (χ1) is 13.0. The van der Waals surface area contributed by atoms with Gasteiger partial charge in [0.15, 0.2) is 11.5 Å². The average molecular weight is 369 g/mol. The Morgan fingerprint density at radius 2 is 1.81 bits per heavy atom. The van der Waals surface area contributed by atoms with Gasteiger partial charge in [-0.05, 0) is 29.8 Å². The standard InChI is InChI=1S/C18H15N3O6/c22-17(7-5-12-4-6-15-16(10-12)27-9-8-26-15)19-20-18(23)13-2-1-3-14(11-13)21(24)25/h1-7,10-11H,8-9H2,(H,19,22)(H,20,23)/b7-5+. The van der Waals surface area contributed by atoms with Crippen LogP contribution in [-0.2, 0) is 4.79 Å². The molecule has 2 amide bonds. The summed E-state index contributed by atoms with van der Waals surface area (Å²) in [5.74, 6) is 0.0123. The molecule has 0 radical (unpaired) electrons. The maximum atomic E-state index is 12.0. The van der Waals surface area contributed by atoms with Crippen LogP contribution in [-0.4, -0.2) is 30.0 Å². The molecular formula is C18H15N3O6. The van der Waals surface area contributed by atoms with Crippen LogP contribution >= 0.6 is 0 Å². The molecule has 9 heteroatoms. The Morgan fingerprint density at radius 1 is 1.04 bits per heavy atom. The minimum Gasteiger partial charge on any atom is -0.486 e. The van der Waals surface area contributed by atoms with Gasteiger partial charge < -0.3 is 9.47 Å². The molecule has 2 aromatic carbocycles. The van der Waals surface area contributed by atoms with E-state index >= 15 is 0 Å². The molecule has 0 aliphatic carbocycles. The monoisotopic (exact) mass is 369 g/mol. The van der Waals surface area contributed by atoms with Crippen LogP contribution in [0.25, 0.3) is 6.08 Å². The molecular weight excluding hydrogens is 354 g/mol. The van der Waals surface area contributed by atoms with E-state index in [1.54, 1.807) is 24.3 Å². The number of nitrogens with zero attached hydrogens (tertiary/aromatic N) is 1. The Morgan fingerprint density at radius 3 is 2.59 bits per heavy atom. The number of benzene rings is 2. The molecule has 0 unspecified atom stereocenters. The quantitative estimate of drug-likeness (QED) is 0.482. The van der Waals surface area contributed by atoms with Crippen molar-refractivity contribution in [3.63, 3.8) is 0 Å². The van der Waals surface area contributed by atoms with Crippen LogP contribution in [0.1, 0.15) is 15.9 Å². The first-order valence-electron chi connectivity index (χ1n) is 7.95. The zero-order valence-corrected chi connectivity index (χ0v) is 14.0. The summed E-state index contributed by atoms with van der Waals surface area (Å²) in [5.41, 5.74) is 4.97. The zero-order chi connectivity index (χ0) is 19.2. The minimum absolute atomic E-state index is 0.0558. The largest absolute Gasteiger partial charge is 0.486 e. The lowest BCUT2D eigenvalue weighted by molar-refractivity contribution is -0.384. The lowest BCUT2D eigenvalue weighted by Gasteiger charge is -2.18. The lowest BCUT2D eigenvalue weighted by Crippen LogP contribution is -2.40. The highest BCUT2D eigenvalue weighted by atomic mass is 16.6. The second kappa shape index (κ2) is 8.00. The summed E-state index contributed by atoms with van der Waals surface area (Å²) in [4.78, 5) is 33.9. The molecule has 27 heavy (non-hydrogen) atoms. The van der Waals surface area contributed by atoms with Gasteiger partial charge in [0.2, 0.25) is 0 Å². The Hall–Kier alpha value is -3.88. The van der Waals surface area contributed by atoms with Crippen LogP contribution in [0.5, 0.6) is 11.5 Å². The highest BCUT2D eigenvalue weighted by Gasteiger charge is 2.12. The molecule has 1 aliphatic rings. The highest BCUT2D eigenvalue weighted by molar-refractivity contribution is 5.98. The topological polar surface area (TPSA) is 120 Å². The Kier molecular flexibility index (Phi) is 5.31. The van der Waals surface area contributed by atoms with E-state index in [0.29, 0.717) is 24.7 Å². The Bertz CT molecular complexity index is 925. The van der Waals surface area contributed by atoms with Crippen LogP contribution in [0.15, 0.2) is 48.5 Å². The molecule has 0 fully saturated rings. The molecule has 138 valence electrons. The van der Waals surface area contributed by atoms with Crippen LogP contribution in [0, 0.1) is 10.1 Å². The molecule has 0 saturated heterocycles. The molecule has 1 aliphatic heterocycles. The van der Waals surface area contributed by atoms with Gasteiger partial charge in [0.05, 0.1) is 4.92 Å². The number of carbonyl (C=O) groups is 2. The fourth-order valence-electron chi connectivity index (χ4n) is 2.33. The number of rotatable bonds is 4. The van der Waals surface area contributed by atoms with E-state index in [0.717, 1.165) is 11.6 Å². The van der Waals surface area contributed by atoms with Crippen LogP contribution < -0.4 is 20.3 Å². The van der Waals surface area contributed by atoms with Crippen molar-refractivity contribution >= 4 is 23.6 Å². The van der Waals surface area contributed by atoms with E-state index in [4.69, 9.17) is 9.47 Å². The van der Waals surface area contributed by atoms with Gasteiger partial charge in [-0.2, -0.15) is 0 Å². The molecule has 0 saturated carbocycles. The van der Waals surface area contributed by atoms with Gasteiger partial charge in [-0.25, -0.2) is 0 Å². The molecule has 2 N–H and O–H groups in total. The smallest absolute Gasteiger partial charge is 0.270 e. The number of hydrogen-bond acceptors (Lipinski definition) is 6. The van der Waals surface area contributed by atoms with Crippen molar-refractivity contribution in [2.75, 3.05) is 13.2 Å². The Balaban J connectivity index is 1.56. The SMILES string of the molecule is O=C(/C=C/c1ccc2c(c1)OCCO2)NNC(=O)c1cccc([N+](=O)[O-])c1. The summed E-state index contributed by atoms with van der Waals surface area (Å²) in [7, 11) is 0. The van der Waals surface area contributed by atoms with E-state index in [1.807, 2.05) is 0 Å². The number of non-ortho nitro benzene ring substituents is 1. The summed E-state index contributed by atoms with van der Waals surface area (Å²) in [5, 5.41) is 10.7. The number of fused-ring (bicyclic) bond motifs is 1. The molecule has 0 aromatic heterocycles. The number of hydrazine groups is 1. The fourth-order valence-corrected chi connectivity index (χ4v) is 2.33. The normalized spacial score (nSPS) is 12.4. The fraction of sp³-hybridized carbons (Fsp3) is 0.111. The first-order valence-corrected chi connectivity index (χ1v) is 7.95. The predicted molar refractivity (Wildman–Crippen MR) is 95.2 cm³/mol. The van der Waals surface area contributed by atoms with E-state index in [-0.39, 0.29) is 11.3 Å². The van der Waals surface area contributed by atoms with Crippen LogP contribution in [0.2, 0.25) is 0 Å². The highest BCUT2D eigenvalue weighted by Crippen LogP contribution is 2.31. The molecule has 2 aromatic rings. The summed E-state index contributed by atoms with van der Waals surface area (Å²) in [6.45, 7) is 0.958. The number of ether oxygens (including phenoxy) is 2. The van der Waals surface area contributed by atoms with Crippen molar-refractivity contribution < 1.29 is 24.0 Å². The van der Waals surface area contributed by atoms with Crippen molar-refractivity contribution in [3.8, 4) is 11.5 Å². The molecule has 0 atom stereocenters. The second-order valence-electron chi connectivity index (χ2n) is 5.49. The van der Waals surface area contributed by atoms with Crippen molar-refractivity contribution in [3.05, 3.63) is 69.8 Å². The summed E-state index contributed by atoms with van der Waals surface area (Å²) in [6, 6.07) is 10.4. The number of nitrogens with one attached hydrogen (secondary N) is 2. The van der Waals surface area contributed by atoms with Crippen molar-refractivity contribution in [1.29, 1.82) is 0 Å². The summed E-state index contributed by atoms with van der Waals surface area (Å²) in [6.07, 6.45) is 2.78. The summed E-state index contributed by atoms with van der Waals surface area (Å²) < 4.78 is 10.9. The van der Waals surface area contributed by atoms with Gasteiger partial charge in [0.25, 0.3) is 17.5 Å². The van der Waals surface area contributed by atoms with Gasteiger partial charge in [-0.1, -0.05) is 12.1 Å². The third-order valence-electron chi connectivity index (χ3n) is 3.61. The molecule has 0 bridgehead atoms. The number of carbonyl (C=O) groups excluding carboxylic acids is 2. The van der Waals surface area contributed by atoms with Crippen LogP contribution in [0.3, 0.4) is 0 Å². The van der Waals surface area contributed by atoms with E-state index in [1.165, 1.54) is 24.3 Å². The molecule has 0 spiro atoms. The Labute approximate surface area is 153 Å². The molecule has 3 rings (SSSR count). The van der Waals surface area contributed by atoms with Crippen molar-refractivity contribution in [2.45, 2.75) is 0 Å². The number of hydrogen-bond donors (Lipinski definition) is 2. The third kappa shape index (κ3) is 4.60. The summed E-state index contributed by atoms with van der Waals surface area (Å²) >= 11 is 0. The van der Waals surface area contributed by atoms with Gasteiger partial charge in [-0.3, -0.25) is 30.6 Å². The predicted octanol–water partition coefficient (Wildman–Crippen LogP) is 1.84. The van der Waals surface area contributed by atoms with Gasteiger partial charge in [0, 0.05) is 23.8 Å². The van der Waals surface area contributed by atoms with E-state index in [2.05, 4.69) is 10.9 Å². The van der Waals surface area contributed by atoms with Crippen molar-refractivity contribution in [2.24, 2.45) is 0 Å². The number of nitro benzene ring substituents is 1. The van der Waals surface area contributed by atoms with E-state index in [9.17, 15) is 19.7 Å². The number of amides is 2. The minimum atomic E-state index is -0.667. The zero-order valence-electron chi connectivity index (χ0n) is 14.0. The third-order valence-corrected chi connectivity index (χ3v) is 3.61. The van der Waals surface area contributed by atoms with Gasteiger partial charge in [-0.15, -0.1) is 0 Å². The second-order valence-corrected chi connectivity index (χ2v) is 5.49. The van der Waals surface area contributed by atoms with Gasteiger partial charge in [0.1, 0.15) is 13.2 Å². The maximum absolute atomic E-state index is 12.0. The average Bonchev–Trinajstić information content (AvgIpc) is 2.70. The first kappa shape index (κ1) is 17.9. The lowest BCUT2D eigenvalue weighted by atomic mass is 10.2. The maximum Gasteiger partial charge on any atom is 0.270 e. The van der Waals surface area contributed by atoms with Crippen molar-refractivity contribution in [1.82, 2.24) is 10.9 Å². The van der Waals surface area contributed by atoms with E-state index < -0.39 is 16.7 Å². The van der Waals surface area contributed by atoms with Crippen LogP contribution in [0.4, 0.5) is 5.69 Å².